The van der Waals surface area contributed by atoms with Gasteiger partial charge in [0.05, 0.1) is 6.04 Å². The molecule has 0 radical (unpaired) electrons. The van der Waals surface area contributed by atoms with Crippen LogP contribution in [-0.4, -0.2) is 34.7 Å². The molecule has 0 aliphatic rings. The molecule has 7 nitrogen and oxygen atoms in total. The van der Waals surface area contributed by atoms with Gasteiger partial charge in [0, 0.05) is 25.2 Å². The van der Waals surface area contributed by atoms with E-state index in [1.807, 2.05) is 56.3 Å². The second-order valence-electron chi connectivity index (χ2n) is 10.6. The molecule has 0 aromatic heterocycles. The normalized spacial score (nSPS) is 12.5. The van der Waals surface area contributed by atoms with Gasteiger partial charge in [-0.1, -0.05) is 92.7 Å². The second-order valence-corrected chi connectivity index (χ2v) is 10.6. The fourth-order valence-electron chi connectivity index (χ4n) is 4.71. The van der Waals surface area contributed by atoms with Crippen molar-refractivity contribution in [2.24, 2.45) is 17.6 Å². The van der Waals surface area contributed by atoms with Crippen LogP contribution >= 0.6 is 0 Å². The topological polar surface area (TPSA) is 127 Å². The van der Waals surface area contributed by atoms with Gasteiger partial charge >= 0.3 is 5.97 Å². The van der Waals surface area contributed by atoms with Gasteiger partial charge in [-0.25, -0.2) is 0 Å². The highest BCUT2D eigenvalue weighted by Crippen LogP contribution is 2.25. The lowest BCUT2D eigenvalue weighted by Gasteiger charge is -2.21. The molecule has 4 N–H and O–H groups in total. The summed E-state index contributed by atoms with van der Waals surface area (Å²) < 4.78 is 0. The van der Waals surface area contributed by atoms with Crippen molar-refractivity contribution >= 4 is 23.6 Å². The molecule has 0 saturated carbocycles. The summed E-state index contributed by atoms with van der Waals surface area (Å²) in [5, 5.41) is 11.8. The maximum Gasteiger partial charge on any atom is 0.303 e. The Bertz CT molecular complexity index is 1280. The molecule has 2 atom stereocenters. The summed E-state index contributed by atoms with van der Waals surface area (Å²) in [5.74, 6) is -2.83. The number of aliphatic carboxylic acids is 1. The number of carboxylic acid groups (broad SMARTS) is 1. The van der Waals surface area contributed by atoms with Crippen LogP contribution in [0.5, 0.6) is 0 Å². The minimum absolute atomic E-state index is 0.0369. The predicted molar refractivity (Wildman–Crippen MR) is 156 cm³/mol. The Balaban J connectivity index is 1.57. The monoisotopic (exact) mass is 542 g/mol. The van der Waals surface area contributed by atoms with Gasteiger partial charge in [-0.15, -0.1) is 0 Å². The fourth-order valence-corrected chi connectivity index (χ4v) is 4.71. The highest BCUT2D eigenvalue weighted by atomic mass is 16.4. The summed E-state index contributed by atoms with van der Waals surface area (Å²) in [5.41, 5.74) is 10.9. The average molecular weight is 543 g/mol. The second kappa shape index (κ2) is 14.8. The molecular formula is C33H38N2O5. The molecule has 0 saturated heterocycles. The highest BCUT2D eigenvalue weighted by Gasteiger charge is 2.27. The van der Waals surface area contributed by atoms with Crippen LogP contribution in [0.4, 0.5) is 0 Å². The fraction of sp³-hybridized carbons (Fsp3) is 0.333. The molecule has 0 aliphatic heterocycles. The number of carbonyl (C=O) groups is 4. The van der Waals surface area contributed by atoms with Gasteiger partial charge in [0.2, 0.25) is 11.8 Å². The highest BCUT2D eigenvalue weighted by molar-refractivity contribution is 5.92. The van der Waals surface area contributed by atoms with Crippen molar-refractivity contribution in [2.75, 3.05) is 0 Å². The van der Waals surface area contributed by atoms with Crippen molar-refractivity contribution < 1.29 is 24.3 Å². The third-order valence-electron chi connectivity index (χ3n) is 6.90. The number of benzene rings is 3. The van der Waals surface area contributed by atoms with Crippen molar-refractivity contribution in [3.63, 3.8) is 0 Å². The van der Waals surface area contributed by atoms with E-state index in [1.54, 1.807) is 0 Å². The van der Waals surface area contributed by atoms with E-state index in [0.717, 1.165) is 27.8 Å². The first-order valence-corrected chi connectivity index (χ1v) is 13.7. The van der Waals surface area contributed by atoms with Crippen LogP contribution in [-0.2, 0) is 25.6 Å². The van der Waals surface area contributed by atoms with E-state index in [4.69, 9.17) is 10.8 Å². The van der Waals surface area contributed by atoms with E-state index >= 15 is 0 Å². The first-order chi connectivity index (χ1) is 19.1. The summed E-state index contributed by atoms with van der Waals surface area (Å²) in [6.07, 6.45) is 0.643. The third-order valence-corrected chi connectivity index (χ3v) is 6.90. The lowest BCUT2D eigenvalue weighted by molar-refractivity contribution is -0.138. The molecule has 2 amide bonds. The quantitative estimate of drug-likeness (QED) is 0.237. The zero-order chi connectivity index (χ0) is 29.1. The van der Waals surface area contributed by atoms with Gasteiger partial charge in [0.15, 0.2) is 5.78 Å². The molecule has 0 bridgehead atoms. The molecule has 0 unspecified atom stereocenters. The molecule has 0 fully saturated rings. The molecule has 3 rings (SSSR count). The van der Waals surface area contributed by atoms with E-state index < -0.39 is 23.8 Å². The maximum atomic E-state index is 12.9. The van der Waals surface area contributed by atoms with Crippen molar-refractivity contribution in [1.29, 1.82) is 0 Å². The summed E-state index contributed by atoms with van der Waals surface area (Å²) in [6.45, 7) is 3.86. The van der Waals surface area contributed by atoms with Crippen molar-refractivity contribution in [3.8, 4) is 22.3 Å². The first kappa shape index (κ1) is 30.3. The summed E-state index contributed by atoms with van der Waals surface area (Å²) in [4.78, 5) is 48.6. The number of rotatable bonds is 15. The van der Waals surface area contributed by atoms with Crippen LogP contribution in [0.15, 0.2) is 78.9 Å². The van der Waals surface area contributed by atoms with Crippen LogP contribution in [0, 0.1) is 11.8 Å². The van der Waals surface area contributed by atoms with Crippen LogP contribution in [0.3, 0.4) is 0 Å². The van der Waals surface area contributed by atoms with Crippen LogP contribution in [0.25, 0.3) is 22.3 Å². The third kappa shape index (κ3) is 9.49. The van der Waals surface area contributed by atoms with Crippen LogP contribution in [0.2, 0.25) is 0 Å². The number of primary amides is 1. The van der Waals surface area contributed by atoms with Crippen LogP contribution in [0.1, 0.15) is 51.5 Å². The van der Waals surface area contributed by atoms with Gasteiger partial charge in [0.25, 0.3) is 0 Å². The Morgan fingerprint density at radius 1 is 0.775 bits per heavy atom. The lowest BCUT2D eigenvalue weighted by Crippen LogP contribution is -2.43. The van der Waals surface area contributed by atoms with Gasteiger partial charge in [-0.3, -0.25) is 19.2 Å². The van der Waals surface area contributed by atoms with Crippen molar-refractivity contribution in [1.82, 2.24) is 5.32 Å². The zero-order valence-corrected chi connectivity index (χ0v) is 23.1. The maximum absolute atomic E-state index is 12.9. The molecule has 0 heterocycles. The van der Waals surface area contributed by atoms with Gasteiger partial charge in [-0.05, 0) is 53.0 Å². The molecule has 7 heteroatoms. The molecular weight excluding hydrogens is 504 g/mol. The number of nitrogens with one attached hydrogen (secondary N) is 1. The van der Waals surface area contributed by atoms with E-state index in [0.29, 0.717) is 12.8 Å². The lowest BCUT2D eigenvalue weighted by atomic mass is 9.89. The van der Waals surface area contributed by atoms with Crippen LogP contribution < -0.4 is 11.1 Å². The van der Waals surface area contributed by atoms with E-state index in [2.05, 4.69) is 41.7 Å². The number of nitrogens with two attached hydrogens (primary N) is 1. The smallest absolute Gasteiger partial charge is 0.303 e. The number of Topliss-reactive ketones (excluding diaryl/α,β-unsaturated/α-hetero) is 1. The summed E-state index contributed by atoms with van der Waals surface area (Å²) in [7, 11) is 0. The Hall–Kier alpha value is -4.26. The predicted octanol–water partition coefficient (Wildman–Crippen LogP) is 5.41. The van der Waals surface area contributed by atoms with Crippen molar-refractivity contribution in [3.05, 3.63) is 84.4 Å². The summed E-state index contributed by atoms with van der Waals surface area (Å²) in [6, 6.07) is 25.6. The van der Waals surface area contributed by atoms with E-state index in [1.165, 1.54) is 0 Å². The molecule has 0 spiro atoms. The Kier molecular flexibility index (Phi) is 11.2. The van der Waals surface area contributed by atoms with E-state index in [-0.39, 0.29) is 43.3 Å². The van der Waals surface area contributed by atoms with Gasteiger partial charge in [-0.2, -0.15) is 0 Å². The Morgan fingerprint density at radius 3 is 1.80 bits per heavy atom. The Labute approximate surface area is 235 Å². The molecule has 3 aromatic carbocycles. The molecule has 210 valence electrons. The van der Waals surface area contributed by atoms with Gasteiger partial charge < -0.3 is 16.2 Å². The number of carboxylic acids is 1. The van der Waals surface area contributed by atoms with E-state index in [9.17, 15) is 19.2 Å². The standard InChI is InChI=1S/C33H38N2O5/c1-22(2)20-28(33(34)40)21-30(36)29(17-19-32(38)39)35-31(37)18-10-23-8-11-25(12-9-23)27-15-13-26(14-16-27)24-6-4-3-5-7-24/h3-9,11-16,22,28-29H,10,17-21H2,1-2H3,(H2,34,40)(H,35,37)(H,38,39)/t28-,29+/m1/s1. The average Bonchev–Trinajstić information content (AvgIpc) is 2.94. The van der Waals surface area contributed by atoms with Crippen molar-refractivity contribution in [2.45, 2.75) is 58.4 Å². The number of hydrogen-bond acceptors (Lipinski definition) is 4. The SMILES string of the molecule is CC(C)C[C@H](CC(=O)[C@H](CCC(=O)O)NC(=O)CCc1ccc(-c2ccc(-c3ccccc3)cc2)cc1)C(N)=O. The molecule has 0 aliphatic carbocycles. The Morgan fingerprint density at radius 2 is 1.30 bits per heavy atom. The minimum Gasteiger partial charge on any atom is -0.481 e. The molecule has 3 aromatic rings. The zero-order valence-electron chi connectivity index (χ0n) is 23.1. The summed E-state index contributed by atoms with van der Waals surface area (Å²) >= 11 is 0. The minimum atomic E-state index is -1.06. The molecule has 40 heavy (non-hydrogen) atoms. The number of hydrogen-bond donors (Lipinski definition) is 3. The van der Waals surface area contributed by atoms with Gasteiger partial charge in [0.1, 0.15) is 0 Å². The largest absolute Gasteiger partial charge is 0.481 e. The number of carbonyl (C=O) groups excluding carboxylic acids is 3. The first-order valence-electron chi connectivity index (χ1n) is 13.7. The number of aryl methyl sites for hydroxylation is 1. The number of ketones is 1. The number of amides is 2.